The summed E-state index contributed by atoms with van der Waals surface area (Å²) >= 11 is 0. The van der Waals surface area contributed by atoms with Gasteiger partial charge in [-0.25, -0.2) is 0 Å². The molecule has 0 aliphatic rings. The maximum absolute atomic E-state index is 4.10. The summed E-state index contributed by atoms with van der Waals surface area (Å²) in [5.41, 5.74) is 2.21. The molecule has 1 aromatic heterocycles. The van der Waals surface area contributed by atoms with Gasteiger partial charge >= 0.3 is 0 Å². The maximum Gasteiger partial charge on any atom is 0.250 e. The number of aromatic nitrogens is 4. The fraction of sp³-hybridized carbons (Fsp3) is 0.462. The molecule has 0 aliphatic heterocycles. The van der Waals surface area contributed by atoms with Gasteiger partial charge in [-0.1, -0.05) is 36.6 Å². The number of hydrogen-bond donors (Lipinski definition) is 0. The zero-order chi connectivity index (χ0) is 13.1. The highest BCUT2D eigenvalue weighted by atomic mass is 15.6. The molecule has 1 aromatic carbocycles. The van der Waals surface area contributed by atoms with Crippen molar-refractivity contribution in [2.24, 2.45) is 5.92 Å². The Kier molecular flexibility index (Phi) is 3.60. The smallest absolute Gasteiger partial charge is 0.250 e. The second-order valence-electron chi connectivity index (χ2n) is 5.00. The van der Waals surface area contributed by atoms with Crippen molar-refractivity contribution in [1.29, 1.82) is 0 Å². The van der Waals surface area contributed by atoms with E-state index in [0.717, 1.165) is 18.2 Å². The van der Waals surface area contributed by atoms with Gasteiger partial charge < -0.3 is 4.90 Å². The van der Waals surface area contributed by atoms with Gasteiger partial charge in [0.1, 0.15) is 0 Å². The van der Waals surface area contributed by atoms with Crippen molar-refractivity contribution in [3.8, 4) is 5.69 Å². The predicted molar refractivity (Wildman–Crippen MR) is 72.0 cm³/mol. The standard InChI is InChI=1S/C13H19N5/c1-10(2)9-17(4)13-14-15-16-18(13)12-7-5-11(3)6-8-12/h5-8,10H,9H2,1-4H3. The van der Waals surface area contributed by atoms with E-state index in [-0.39, 0.29) is 0 Å². The van der Waals surface area contributed by atoms with Gasteiger partial charge in [0, 0.05) is 13.6 Å². The molecule has 0 radical (unpaired) electrons. The fourth-order valence-electron chi connectivity index (χ4n) is 1.90. The monoisotopic (exact) mass is 245 g/mol. The molecule has 2 aromatic rings. The number of rotatable bonds is 4. The summed E-state index contributed by atoms with van der Waals surface area (Å²) in [5.74, 6) is 1.34. The van der Waals surface area contributed by atoms with E-state index in [1.165, 1.54) is 5.56 Å². The molecule has 0 aliphatic carbocycles. The van der Waals surface area contributed by atoms with Gasteiger partial charge in [-0.3, -0.25) is 0 Å². The molecule has 0 fully saturated rings. The highest BCUT2D eigenvalue weighted by Gasteiger charge is 2.13. The second-order valence-corrected chi connectivity index (χ2v) is 5.00. The molecule has 96 valence electrons. The molecule has 1 heterocycles. The number of nitrogens with zero attached hydrogens (tertiary/aromatic N) is 5. The van der Waals surface area contributed by atoms with Crippen LogP contribution in [0.5, 0.6) is 0 Å². The van der Waals surface area contributed by atoms with Gasteiger partial charge in [0.05, 0.1) is 5.69 Å². The van der Waals surface area contributed by atoms with E-state index in [1.807, 2.05) is 19.2 Å². The van der Waals surface area contributed by atoms with E-state index in [0.29, 0.717) is 5.92 Å². The van der Waals surface area contributed by atoms with Crippen molar-refractivity contribution in [2.45, 2.75) is 20.8 Å². The number of tetrazole rings is 1. The quantitative estimate of drug-likeness (QED) is 0.827. The Balaban J connectivity index is 2.29. The van der Waals surface area contributed by atoms with E-state index in [4.69, 9.17) is 0 Å². The highest BCUT2D eigenvalue weighted by molar-refractivity contribution is 5.41. The molecule has 0 spiro atoms. The zero-order valence-corrected chi connectivity index (χ0v) is 11.3. The van der Waals surface area contributed by atoms with Gasteiger partial charge in [0.2, 0.25) is 5.95 Å². The topological polar surface area (TPSA) is 46.8 Å². The Morgan fingerprint density at radius 2 is 1.89 bits per heavy atom. The molecule has 0 unspecified atom stereocenters. The van der Waals surface area contributed by atoms with Crippen LogP contribution in [0, 0.1) is 12.8 Å². The first-order chi connectivity index (χ1) is 8.58. The minimum Gasteiger partial charge on any atom is -0.342 e. The van der Waals surface area contributed by atoms with Crippen LogP contribution >= 0.6 is 0 Å². The van der Waals surface area contributed by atoms with Crippen LogP contribution in [0.1, 0.15) is 19.4 Å². The van der Waals surface area contributed by atoms with Crippen molar-refractivity contribution < 1.29 is 0 Å². The predicted octanol–water partition coefficient (Wildman–Crippen LogP) is 2.06. The van der Waals surface area contributed by atoms with Crippen LogP contribution in [0.4, 0.5) is 5.95 Å². The summed E-state index contributed by atoms with van der Waals surface area (Å²) < 4.78 is 1.77. The Morgan fingerprint density at radius 1 is 1.22 bits per heavy atom. The lowest BCUT2D eigenvalue weighted by Gasteiger charge is -2.19. The van der Waals surface area contributed by atoms with Crippen LogP contribution in [-0.2, 0) is 0 Å². The van der Waals surface area contributed by atoms with Crippen LogP contribution in [0.3, 0.4) is 0 Å². The van der Waals surface area contributed by atoms with Crippen molar-refractivity contribution in [2.75, 3.05) is 18.5 Å². The molecule has 0 N–H and O–H groups in total. The first-order valence-electron chi connectivity index (χ1n) is 6.14. The summed E-state index contributed by atoms with van der Waals surface area (Å²) in [7, 11) is 2.01. The minimum absolute atomic E-state index is 0.568. The molecule has 0 bridgehead atoms. The van der Waals surface area contributed by atoms with Crippen LogP contribution < -0.4 is 4.90 Å². The Bertz CT molecular complexity index is 500. The van der Waals surface area contributed by atoms with E-state index in [9.17, 15) is 0 Å². The molecular formula is C13H19N5. The summed E-state index contributed by atoms with van der Waals surface area (Å²) in [6.07, 6.45) is 0. The SMILES string of the molecule is Cc1ccc(-n2nnnc2N(C)CC(C)C)cc1. The highest BCUT2D eigenvalue weighted by Crippen LogP contribution is 2.15. The third kappa shape index (κ3) is 2.67. The summed E-state index contributed by atoms with van der Waals surface area (Å²) in [4.78, 5) is 2.07. The van der Waals surface area contributed by atoms with E-state index >= 15 is 0 Å². The third-order valence-electron chi connectivity index (χ3n) is 2.71. The van der Waals surface area contributed by atoms with Crippen LogP contribution in [0.2, 0.25) is 0 Å². The van der Waals surface area contributed by atoms with Gasteiger partial charge in [-0.2, -0.15) is 4.68 Å². The van der Waals surface area contributed by atoms with E-state index in [2.05, 4.69) is 53.3 Å². The molecule has 0 saturated carbocycles. The van der Waals surface area contributed by atoms with Crippen LogP contribution in [0.15, 0.2) is 24.3 Å². The zero-order valence-electron chi connectivity index (χ0n) is 11.3. The first kappa shape index (κ1) is 12.5. The molecule has 0 amide bonds. The largest absolute Gasteiger partial charge is 0.342 e. The van der Waals surface area contributed by atoms with Gasteiger partial charge in [-0.15, -0.1) is 0 Å². The number of hydrogen-bond acceptors (Lipinski definition) is 4. The molecule has 0 saturated heterocycles. The lowest BCUT2D eigenvalue weighted by Crippen LogP contribution is -2.25. The molecule has 0 atom stereocenters. The Hall–Kier alpha value is -1.91. The average Bonchev–Trinajstić information content (AvgIpc) is 2.78. The number of anilines is 1. The number of aryl methyl sites for hydroxylation is 1. The van der Waals surface area contributed by atoms with Crippen molar-refractivity contribution in [1.82, 2.24) is 20.2 Å². The van der Waals surface area contributed by atoms with E-state index < -0.39 is 0 Å². The average molecular weight is 245 g/mol. The molecule has 2 rings (SSSR count). The number of benzene rings is 1. The van der Waals surface area contributed by atoms with Crippen molar-refractivity contribution >= 4 is 5.95 Å². The van der Waals surface area contributed by atoms with Gasteiger partial charge in [0.25, 0.3) is 0 Å². The first-order valence-corrected chi connectivity index (χ1v) is 6.14. The normalized spacial score (nSPS) is 10.9. The lowest BCUT2D eigenvalue weighted by molar-refractivity contribution is 0.624. The molecule has 5 heteroatoms. The van der Waals surface area contributed by atoms with Crippen LogP contribution in [0.25, 0.3) is 5.69 Å². The molecular weight excluding hydrogens is 226 g/mol. The fourth-order valence-corrected chi connectivity index (χ4v) is 1.90. The third-order valence-corrected chi connectivity index (χ3v) is 2.71. The maximum atomic E-state index is 4.10. The summed E-state index contributed by atoms with van der Waals surface area (Å²) in [5, 5.41) is 11.9. The molecule has 18 heavy (non-hydrogen) atoms. The van der Waals surface area contributed by atoms with Gasteiger partial charge in [-0.05, 0) is 35.4 Å². The van der Waals surface area contributed by atoms with Crippen molar-refractivity contribution in [3.63, 3.8) is 0 Å². The second kappa shape index (κ2) is 5.16. The Labute approximate surface area is 107 Å². The van der Waals surface area contributed by atoms with E-state index in [1.54, 1.807) is 4.68 Å². The lowest BCUT2D eigenvalue weighted by atomic mass is 10.2. The van der Waals surface area contributed by atoms with Gasteiger partial charge in [0.15, 0.2) is 0 Å². The summed E-state index contributed by atoms with van der Waals surface area (Å²) in [6, 6.07) is 8.17. The summed E-state index contributed by atoms with van der Waals surface area (Å²) in [6.45, 7) is 7.34. The van der Waals surface area contributed by atoms with Crippen molar-refractivity contribution in [3.05, 3.63) is 29.8 Å². The molecule has 5 nitrogen and oxygen atoms in total. The van der Waals surface area contributed by atoms with Crippen LogP contribution in [-0.4, -0.2) is 33.8 Å². The minimum atomic E-state index is 0.568. The Morgan fingerprint density at radius 3 is 2.50 bits per heavy atom.